The summed E-state index contributed by atoms with van der Waals surface area (Å²) in [5.41, 5.74) is 1.40. The zero-order chi connectivity index (χ0) is 18.7. The van der Waals surface area contributed by atoms with Gasteiger partial charge in [0.2, 0.25) is 0 Å². The van der Waals surface area contributed by atoms with Crippen LogP contribution >= 0.6 is 0 Å². The van der Waals surface area contributed by atoms with E-state index in [2.05, 4.69) is 41.8 Å². The first-order valence-electron chi connectivity index (χ1n) is 10.6. The van der Waals surface area contributed by atoms with Gasteiger partial charge >= 0.3 is 0 Å². The highest BCUT2D eigenvalue weighted by molar-refractivity contribution is 5.80. The normalized spacial score (nSPS) is 29.1. The molecule has 3 atom stereocenters. The molecule has 0 amide bonds. The first-order valence-corrected chi connectivity index (χ1v) is 10.6. The van der Waals surface area contributed by atoms with E-state index >= 15 is 0 Å². The van der Waals surface area contributed by atoms with Gasteiger partial charge in [-0.05, 0) is 45.1 Å². The number of fused-ring (bicyclic) bond motifs is 2. The molecule has 5 heteroatoms. The maximum Gasteiger partial charge on any atom is 0.191 e. The Morgan fingerprint density at radius 2 is 2.07 bits per heavy atom. The van der Waals surface area contributed by atoms with Gasteiger partial charge in [0.25, 0.3) is 0 Å². The van der Waals surface area contributed by atoms with Gasteiger partial charge in [0.05, 0.1) is 31.9 Å². The Bertz CT molecular complexity index is 669. The van der Waals surface area contributed by atoms with Gasteiger partial charge in [0.15, 0.2) is 5.96 Å². The standard InChI is InChI=1S/C22H33N3O2/c1-3-23-21(25-18-14-16-10-11-20(18)27-16)24-15-22(12-6-7-13-22)17-8-4-5-9-19(17)26-2/h4-5,8-9,16,18,20H,3,6-7,10-15H2,1-2H3,(H2,23,24,25). The lowest BCUT2D eigenvalue weighted by Crippen LogP contribution is -2.48. The minimum atomic E-state index is 0.0835. The SMILES string of the molecule is CCNC(=NCC1(c2ccccc2OC)CCCC1)NC1CC2CCC1O2. The maximum atomic E-state index is 6.00. The van der Waals surface area contributed by atoms with Crippen LogP contribution in [-0.2, 0) is 10.2 Å². The lowest BCUT2D eigenvalue weighted by atomic mass is 9.78. The Morgan fingerprint density at radius 1 is 1.26 bits per heavy atom. The number of aliphatic imine (C=N–C) groups is 1. The molecule has 2 heterocycles. The zero-order valence-corrected chi connectivity index (χ0v) is 16.7. The van der Waals surface area contributed by atoms with Crippen molar-refractivity contribution in [2.45, 2.75) is 75.5 Å². The number of hydrogen-bond donors (Lipinski definition) is 2. The topological polar surface area (TPSA) is 54.9 Å². The summed E-state index contributed by atoms with van der Waals surface area (Å²) in [4.78, 5) is 5.05. The number of para-hydroxylation sites is 1. The van der Waals surface area contributed by atoms with Crippen molar-refractivity contribution in [3.05, 3.63) is 29.8 Å². The highest BCUT2D eigenvalue weighted by Crippen LogP contribution is 2.45. The quantitative estimate of drug-likeness (QED) is 0.595. The average molecular weight is 372 g/mol. The molecule has 148 valence electrons. The van der Waals surface area contributed by atoms with Gasteiger partial charge in [0, 0.05) is 17.5 Å². The molecule has 0 aromatic heterocycles. The molecule has 2 saturated heterocycles. The van der Waals surface area contributed by atoms with Crippen molar-refractivity contribution in [1.29, 1.82) is 0 Å². The molecule has 0 radical (unpaired) electrons. The Kier molecular flexibility index (Phi) is 5.58. The number of benzene rings is 1. The van der Waals surface area contributed by atoms with Crippen LogP contribution in [-0.4, -0.2) is 44.4 Å². The van der Waals surface area contributed by atoms with E-state index in [1.807, 2.05) is 0 Å². The highest BCUT2D eigenvalue weighted by atomic mass is 16.5. The summed E-state index contributed by atoms with van der Waals surface area (Å²) in [6, 6.07) is 8.87. The minimum absolute atomic E-state index is 0.0835. The van der Waals surface area contributed by atoms with Gasteiger partial charge in [-0.2, -0.15) is 0 Å². The Labute approximate surface area is 162 Å². The van der Waals surface area contributed by atoms with E-state index in [0.717, 1.165) is 31.2 Å². The van der Waals surface area contributed by atoms with Gasteiger partial charge in [-0.25, -0.2) is 0 Å². The second-order valence-electron chi connectivity index (χ2n) is 8.24. The van der Waals surface area contributed by atoms with E-state index in [9.17, 15) is 0 Å². The van der Waals surface area contributed by atoms with Crippen LogP contribution in [0.15, 0.2) is 29.3 Å². The van der Waals surface area contributed by atoms with Gasteiger partial charge in [-0.15, -0.1) is 0 Å². The fraction of sp³-hybridized carbons (Fsp3) is 0.682. The number of ether oxygens (including phenoxy) is 2. The zero-order valence-electron chi connectivity index (χ0n) is 16.7. The molecule has 3 aliphatic rings. The number of methoxy groups -OCH3 is 1. The number of guanidine groups is 1. The van der Waals surface area contributed by atoms with Crippen LogP contribution in [0.5, 0.6) is 5.75 Å². The van der Waals surface area contributed by atoms with Gasteiger partial charge in [-0.1, -0.05) is 31.0 Å². The van der Waals surface area contributed by atoms with Crippen LogP contribution < -0.4 is 15.4 Å². The molecule has 2 bridgehead atoms. The van der Waals surface area contributed by atoms with Crippen molar-refractivity contribution in [3.63, 3.8) is 0 Å². The van der Waals surface area contributed by atoms with E-state index in [-0.39, 0.29) is 5.41 Å². The number of nitrogens with one attached hydrogen (secondary N) is 2. The van der Waals surface area contributed by atoms with Crippen molar-refractivity contribution in [1.82, 2.24) is 10.6 Å². The summed E-state index contributed by atoms with van der Waals surface area (Å²) in [6.45, 7) is 3.79. The summed E-state index contributed by atoms with van der Waals surface area (Å²) < 4.78 is 11.7. The lowest BCUT2D eigenvalue weighted by molar-refractivity contribution is 0.0992. The molecule has 3 unspecified atom stereocenters. The Balaban J connectivity index is 1.52. The van der Waals surface area contributed by atoms with Crippen molar-refractivity contribution in [3.8, 4) is 5.75 Å². The van der Waals surface area contributed by atoms with Gasteiger partial charge in [-0.3, -0.25) is 4.99 Å². The summed E-state index contributed by atoms with van der Waals surface area (Å²) in [6.07, 6.45) is 9.17. The Hall–Kier alpha value is -1.75. The van der Waals surface area contributed by atoms with Crippen LogP contribution in [0.2, 0.25) is 0 Å². The highest BCUT2D eigenvalue weighted by Gasteiger charge is 2.41. The predicted octanol–water partition coefficient (Wildman–Crippen LogP) is 3.38. The summed E-state index contributed by atoms with van der Waals surface area (Å²) in [5.74, 6) is 1.92. The molecule has 1 aliphatic carbocycles. The van der Waals surface area contributed by atoms with Crippen LogP contribution in [0.25, 0.3) is 0 Å². The van der Waals surface area contributed by atoms with Crippen molar-refractivity contribution in [2.24, 2.45) is 4.99 Å². The molecule has 0 spiro atoms. The van der Waals surface area contributed by atoms with Crippen LogP contribution in [0.4, 0.5) is 0 Å². The molecule has 2 N–H and O–H groups in total. The molecule has 27 heavy (non-hydrogen) atoms. The average Bonchev–Trinajstić information content (AvgIpc) is 3.44. The molecule has 2 aliphatic heterocycles. The fourth-order valence-corrected chi connectivity index (χ4v) is 5.16. The molecule has 1 aromatic rings. The van der Waals surface area contributed by atoms with Crippen molar-refractivity contribution >= 4 is 5.96 Å². The van der Waals surface area contributed by atoms with Gasteiger partial charge in [0.1, 0.15) is 5.75 Å². The molecular weight excluding hydrogens is 338 g/mol. The number of nitrogens with zero attached hydrogens (tertiary/aromatic N) is 1. The van der Waals surface area contributed by atoms with Crippen LogP contribution in [0.3, 0.4) is 0 Å². The van der Waals surface area contributed by atoms with Crippen LogP contribution in [0, 0.1) is 0 Å². The molecule has 5 nitrogen and oxygen atoms in total. The molecule has 3 fully saturated rings. The smallest absolute Gasteiger partial charge is 0.191 e. The number of hydrogen-bond acceptors (Lipinski definition) is 3. The summed E-state index contributed by atoms with van der Waals surface area (Å²) >= 11 is 0. The van der Waals surface area contributed by atoms with E-state index in [1.54, 1.807) is 7.11 Å². The Morgan fingerprint density at radius 3 is 2.74 bits per heavy atom. The fourth-order valence-electron chi connectivity index (χ4n) is 5.16. The first-order chi connectivity index (χ1) is 13.2. The van der Waals surface area contributed by atoms with E-state index in [1.165, 1.54) is 44.1 Å². The lowest BCUT2D eigenvalue weighted by Gasteiger charge is -2.30. The van der Waals surface area contributed by atoms with E-state index in [0.29, 0.717) is 18.2 Å². The molecular formula is C22H33N3O2. The molecule has 1 saturated carbocycles. The molecule has 1 aromatic carbocycles. The van der Waals surface area contributed by atoms with Crippen LogP contribution in [0.1, 0.15) is 57.4 Å². The number of rotatable bonds is 6. The van der Waals surface area contributed by atoms with Crippen molar-refractivity contribution < 1.29 is 9.47 Å². The first kappa shape index (κ1) is 18.6. The minimum Gasteiger partial charge on any atom is -0.496 e. The monoisotopic (exact) mass is 371 g/mol. The molecule has 4 rings (SSSR count). The maximum absolute atomic E-state index is 6.00. The van der Waals surface area contributed by atoms with E-state index in [4.69, 9.17) is 14.5 Å². The summed E-state index contributed by atoms with van der Waals surface area (Å²) in [7, 11) is 1.77. The largest absolute Gasteiger partial charge is 0.496 e. The van der Waals surface area contributed by atoms with E-state index < -0.39 is 0 Å². The third kappa shape index (κ3) is 3.79. The second-order valence-corrected chi connectivity index (χ2v) is 8.24. The third-order valence-corrected chi connectivity index (χ3v) is 6.55. The van der Waals surface area contributed by atoms with Gasteiger partial charge < -0.3 is 20.1 Å². The van der Waals surface area contributed by atoms with Crippen molar-refractivity contribution in [2.75, 3.05) is 20.2 Å². The predicted molar refractivity (Wildman–Crippen MR) is 109 cm³/mol. The second kappa shape index (κ2) is 8.09. The summed E-state index contributed by atoms with van der Waals surface area (Å²) in [5, 5.41) is 7.09. The third-order valence-electron chi connectivity index (χ3n) is 6.55.